The van der Waals surface area contributed by atoms with Crippen LogP contribution < -0.4 is 5.32 Å². The largest absolute Gasteiger partial charge is 0.315 e. The first-order valence-corrected chi connectivity index (χ1v) is 8.38. The molecule has 17 heavy (non-hydrogen) atoms. The molecule has 0 aromatic carbocycles. The highest BCUT2D eigenvalue weighted by Gasteiger charge is 2.28. The number of rotatable bonds is 5. The van der Waals surface area contributed by atoms with Crippen LogP contribution in [0.5, 0.6) is 0 Å². The summed E-state index contributed by atoms with van der Waals surface area (Å²) in [7, 11) is -2.99. The average molecular weight is 282 g/mol. The number of hydrogen-bond donors (Lipinski definition) is 1. The summed E-state index contributed by atoms with van der Waals surface area (Å²) in [6.07, 6.45) is 3.31. The fraction of sp³-hybridized carbons (Fsp3) is 1.00. The van der Waals surface area contributed by atoms with Crippen molar-refractivity contribution < 1.29 is 8.42 Å². The van der Waals surface area contributed by atoms with E-state index in [-0.39, 0.29) is 5.75 Å². The van der Waals surface area contributed by atoms with E-state index in [9.17, 15) is 8.42 Å². The van der Waals surface area contributed by atoms with Crippen LogP contribution in [-0.4, -0.2) is 37.4 Å². The molecule has 2 atom stereocenters. The Bertz CT molecular complexity index is 335. The molecule has 5 heteroatoms. The van der Waals surface area contributed by atoms with Gasteiger partial charge in [0.1, 0.15) is 0 Å². The second-order valence-corrected chi connectivity index (χ2v) is 9.39. The molecule has 1 rings (SSSR count). The van der Waals surface area contributed by atoms with Crippen LogP contribution in [0.1, 0.15) is 40.0 Å². The maximum absolute atomic E-state index is 11.8. The second kappa shape index (κ2) is 5.89. The van der Waals surface area contributed by atoms with Gasteiger partial charge in [0, 0.05) is 11.9 Å². The molecule has 1 saturated carbocycles. The van der Waals surface area contributed by atoms with Gasteiger partial charge in [-0.2, -0.15) is 0 Å². The van der Waals surface area contributed by atoms with Gasteiger partial charge in [-0.25, -0.2) is 8.42 Å². The van der Waals surface area contributed by atoms with E-state index in [0.717, 1.165) is 25.8 Å². The van der Waals surface area contributed by atoms with E-state index in [4.69, 9.17) is 11.6 Å². The predicted octanol–water partition coefficient (Wildman–Crippen LogP) is 2.20. The van der Waals surface area contributed by atoms with Gasteiger partial charge in [-0.1, -0.05) is 0 Å². The van der Waals surface area contributed by atoms with Crippen LogP contribution in [0, 0.1) is 5.92 Å². The first-order chi connectivity index (χ1) is 7.72. The zero-order valence-electron chi connectivity index (χ0n) is 11.0. The molecule has 0 aliphatic heterocycles. The molecule has 0 heterocycles. The molecule has 1 aliphatic carbocycles. The van der Waals surface area contributed by atoms with E-state index >= 15 is 0 Å². The van der Waals surface area contributed by atoms with E-state index in [1.54, 1.807) is 20.8 Å². The Balaban J connectivity index is 2.21. The maximum Gasteiger partial charge on any atom is 0.156 e. The van der Waals surface area contributed by atoms with Crippen molar-refractivity contribution in [3.8, 4) is 0 Å². The Morgan fingerprint density at radius 3 is 2.41 bits per heavy atom. The summed E-state index contributed by atoms with van der Waals surface area (Å²) in [5, 5.41) is 3.56. The van der Waals surface area contributed by atoms with Crippen molar-refractivity contribution >= 4 is 21.4 Å². The van der Waals surface area contributed by atoms with Crippen LogP contribution in [0.25, 0.3) is 0 Å². The Kier molecular flexibility index (Phi) is 5.29. The molecular formula is C12H24ClNO2S. The molecule has 0 bridgehead atoms. The van der Waals surface area contributed by atoms with Crippen LogP contribution >= 0.6 is 11.6 Å². The van der Waals surface area contributed by atoms with Crippen molar-refractivity contribution in [2.75, 3.05) is 18.8 Å². The number of nitrogens with one attached hydrogen (secondary N) is 1. The monoisotopic (exact) mass is 281 g/mol. The zero-order valence-corrected chi connectivity index (χ0v) is 12.6. The number of sulfone groups is 1. The second-order valence-electron chi connectivity index (χ2n) is 5.91. The van der Waals surface area contributed by atoms with Crippen molar-refractivity contribution in [2.24, 2.45) is 5.92 Å². The Morgan fingerprint density at radius 2 is 1.94 bits per heavy atom. The number of halogens is 1. The van der Waals surface area contributed by atoms with Gasteiger partial charge in [0.05, 0.1) is 10.5 Å². The van der Waals surface area contributed by atoms with Crippen LogP contribution in [-0.2, 0) is 9.84 Å². The van der Waals surface area contributed by atoms with Crippen molar-refractivity contribution in [1.82, 2.24) is 5.32 Å². The van der Waals surface area contributed by atoms with E-state index < -0.39 is 14.6 Å². The Morgan fingerprint density at radius 1 is 1.29 bits per heavy atom. The van der Waals surface area contributed by atoms with Crippen LogP contribution in [0.4, 0.5) is 0 Å². The standard InChI is InChI=1S/C12H24ClNO2S/c1-12(2,3)17(15,16)7-6-14-9-10-4-5-11(13)8-10/h10-11,14H,4-9H2,1-3H3. The van der Waals surface area contributed by atoms with Gasteiger partial charge in [-0.05, 0) is 52.5 Å². The van der Waals surface area contributed by atoms with Gasteiger partial charge in [-0.15, -0.1) is 11.6 Å². The minimum Gasteiger partial charge on any atom is -0.315 e. The van der Waals surface area contributed by atoms with Gasteiger partial charge < -0.3 is 5.32 Å². The van der Waals surface area contributed by atoms with Crippen molar-refractivity contribution in [2.45, 2.75) is 50.2 Å². The Labute approximate surface area is 110 Å². The fourth-order valence-electron chi connectivity index (χ4n) is 2.02. The zero-order chi connectivity index (χ0) is 13.1. The molecule has 0 spiro atoms. The molecule has 0 amide bonds. The summed E-state index contributed by atoms with van der Waals surface area (Å²) in [4.78, 5) is 0. The highest BCUT2D eigenvalue weighted by atomic mass is 35.5. The quantitative estimate of drug-likeness (QED) is 0.621. The van der Waals surface area contributed by atoms with E-state index in [2.05, 4.69) is 5.32 Å². The molecule has 0 aromatic rings. The molecule has 0 aromatic heterocycles. The van der Waals surface area contributed by atoms with E-state index in [0.29, 0.717) is 17.8 Å². The van der Waals surface area contributed by atoms with E-state index in [1.807, 2.05) is 0 Å². The third-order valence-corrected chi connectivity index (χ3v) is 6.39. The molecular weight excluding hydrogens is 258 g/mol. The highest BCUT2D eigenvalue weighted by molar-refractivity contribution is 7.92. The first-order valence-electron chi connectivity index (χ1n) is 6.29. The summed E-state index contributed by atoms with van der Waals surface area (Å²) in [6, 6.07) is 0. The van der Waals surface area contributed by atoms with Gasteiger partial charge in [0.15, 0.2) is 9.84 Å². The lowest BCUT2D eigenvalue weighted by atomic mass is 10.1. The lowest BCUT2D eigenvalue weighted by Gasteiger charge is -2.19. The third kappa shape index (κ3) is 4.76. The van der Waals surface area contributed by atoms with Crippen LogP contribution in [0.2, 0.25) is 0 Å². The average Bonchev–Trinajstić information content (AvgIpc) is 2.57. The Hall–Kier alpha value is 0.200. The highest BCUT2D eigenvalue weighted by Crippen LogP contribution is 2.28. The van der Waals surface area contributed by atoms with Gasteiger partial charge >= 0.3 is 0 Å². The van der Waals surface area contributed by atoms with Gasteiger partial charge in [0.25, 0.3) is 0 Å². The summed E-state index contributed by atoms with van der Waals surface area (Å²) >= 11 is 6.03. The molecule has 102 valence electrons. The lowest BCUT2D eigenvalue weighted by Crippen LogP contribution is -2.35. The minimum atomic E-state index is -2.99. The fourth-order valence-corrected chi connectivity index (χ4v) is 3.42. The lowest BCUT2D eigenvalue weighted by molar-refractivity contribution is 0.495. The minimum absolute atomic E-state index is 0.216. The molecule has 1 fully saturated rings. The maximum atomic E-state index is 11.8. The summed E-state index contributed by atoms with van der Waals surface area (Å²) < 4.78 is 23.0. The molecule has 1 aliphatic rings. The molecule has 0 radical (unpaired) electrons. The van der Waals surface area contributed by atoms with Crippen molar-refractivity contribution in [3.05, 3.63) is 0 Å². The van der Waals surface area contributed by atoms with Crippen molar-refractivity contribution in [3.63, 3.8) is 0 Å². The topological polar surface area (TPSA) is 46.2 Å². The number of hydrogen-bond acceptors (Lipinski definition) is 3. The summed E-state index contributed by atoms with van der Waals surface area (Å²) in [6.45, 7) is 6.68. The smallest absolute Gasteiger partial charge is 0.156 e. The summed E-state index contributed by atoms with van der Waals surface area (Å²) in [5.41, 5.74) is 0. The predicted molar refractivity (Wildman–Crippen MR) is 73.4 cm³/mol. The third-order valence-electron chi connectivity index (χ3n) is 3.39. The number of alkyl halides is 1. The SMILES string of the molecule is CC(C)(C)S(=O)(=O)CCNCC1CCC(Cl)C1. The van der Waals surface area contributed by atoms with E-state index in [1.165, 1.54) is 0 Å². The summed E-state index contributed by atoms with van der Waals surface area (Å²) in [5.74, 6) is 0.836. The van der Waals surface area contributed by atoms with Crippen LogP contribution in [0.15, 0.2) is 0 Å². The molecule has 2 unspecified atom stereocenters. The van der Waals surface area contributed by atoms with Gasteiger partial charge in [-0.3, -0.25) is 0 Å². The van der Waals surface area contributed by atoms with Crippen LogP contribution in [0.3, 0.4) is 0 Å². The van der Waals surface area contributed by atoms with Crippen molar-refractivity contribution in [1.29, 1.82) is 0 Å². The molecule has 1 N–H and O–H groups in total. The molecule has 0 saturated heterocycles. The first kappa shape index (κ1) is 15.3. The van der Waals surface area contributed by atoms with Gasteiger partial charge in [0.2, 0.25) is 0 Å². The molecule has 3 nitrogen and oxygen atoms in total. The normalized spacial score (nSPS) is 26.4.